The van der Waals surface area contributed by atoms with Gasteiger partial charge in [0.25, 0.3) is 0 Å². The predicted octanol–water partition coefficient (Wildman–Crippen LogP) is 3.03. The van der Waals surface area contributed by atoms with Gasteiger partial charge >= 0.3 is 0 Å². The van der Waals surface area contributed by atoms with E-state index in [1.165, 1.54) is 12.1 Å². The predicted molar refractivity (Wildman–Crippen MR) is 87.6 cm³/mol. The molecule has 3 N–H and O–H groups in total. The number of nitrogens with one attached hydrogen (secondary N) is 1. The van der Waals surface area contributed by atoms with E-state index < -0.39 is 10.0 Å². The minimum Gasteiger partial charge on any atom is -0.326 e. The first-order chi connectivity index (χ1) is 9.94. The SMILES string of the molecule is NCc1cc(S(=O)(=O)NCCc2ccsc2)c(Cl)cc1Cl. The Hall–Kier alpha value is -0.630. The standard InChI is InChI=1S/C13H14Cl2N2O2S2/c14-11-6-12(15)13(5-10(11)7-16)21(18,19)17-3-1-9-2-4-20-8-9/h2,4-6,8,17H,1,3,7,16H2. The summed E-state index contributed by atoms with van der Waals surface area (Å²) in [6.07, 6.45) is 0.623. The first-order valence-electron chi connectivity index (χ1n) is 6.13. The molecule has 0 amide bonds. The molecule has 21 heavy (non-hydrogen) atoms. The summed E-state index contributed by atoms with van der Waals surface area (Å²) < 4.78 is 27.1. The van der Waals surface area contributed by atoms with E-state index in [1.807, 2.05) is 16.8 Å². The number of hydrogen-bond donors (Lipinski definition) is 2. The van der Waals surface area contributed by atoms with Crippen LogP contribution in [0.5, 0.6) is 0 Å². The van der Waals surface area contributed by atoms with E-state index in [0.717, 1.165) is 5.56 Å². The van der Waals surface area contributed by atoms with Crippen molar-refractivity contribution in [3.05, 3.63) is 50.1 Å². The molecule has 2 rings (SSSR count). The van der Waals surface area contributed by atoms with Gasteiger partial charge in [-0.15, -0.1) is 0 Å². The lowest BCUT2D eigenvalue weighted by atomic mass is 10.2. The number of thiophene rings is 1. The molecule has 0 radical (unpaired) electrons. The molecule has 0 fully saturated rings. The maximum atomic E-state index is 12.3. The molecule has 0 saturated carbocycles. The van der Waals surface area contributed by atoms with Gasteiger partial charge in [-0.3, -0.25) is 0 Å². The number of nitrogens with two attached hydrogens (primary N) is 1. The number of rotatable bonds is 6. The van der Waals surface area contributed by atoms with Crippen LogP contribution in [0.25, 0.3) is 0 Å². The van der Waals surface area contributed by atoms with Crippen molar-refractivity contribution in [3.63, 3.8) is 0 Å². The van der Waals surface area contributed by atoms with E-state index in [2.05, 4.69) is 4.72 Å². The fraction of sp³-hybridized carbons (Fsp3) is 0.231. The highest BCUT2D eigenvalue weighted by molar-refractivity contribution is 7.89. The molecular weight excluding hydrogens is 351 g/mol. The third kappa shape index (κ3) is 4.18. The average Bonchev–Trinajstić information content (AvgIpc) is 2.91. The van der Waals surface area contributed by atoms with Crippen LogP contribution in [-0.4, -0.2) is 15.0 Å². The molecule has 0 aliphatic rings. The van der Waals surface area contributed by atoms with Gasteiger partial charge in [-0.2, -0.15) is 11.3 Å². The van der Waals surface area contributed by atoms with Gasteiger partial charge in [0.05, 0.1) is 5.02 Å². The van der Waals surface area contributed by atoms with Crippen molar-refractivity contribution in [2.24, 2.45) is 5.73 Å². The fourth-order valence-electron chi connectivity index (χ4n) is 1.78. The van der Waals surface area contributed by atoms with Gasteiger partial charge in [-0.1, -0.05) is 23.2 Å². The molecule has 0 saturated heterocycles. The largest absolute Gasteiger partial charge is 0.326 e. The molecule has 1 aromatic heterocycles. The number of hydrogen-bond acceptors (Lipinski definition) is 4. The molecule has 0 atom stereocenters. The van der Waals surface area contributed by atoms with Gasteiger partial charge in [-0.25, -0.2) is 13.1 Å². The van der Waals surface area contributed by atoms with Gasteiger partial charge in [0.15, 0.2) is 0 Å². The molecule has 0 spiro atoms. The summed E-state index contributed by atoms with van der Waals surface area (Å²) in [4.78, 5) is -0.000615. The molecule has 0 aliphatic heterocycles. The maximum Gasteiger partial charge on any atom is 0.242 e. The zero-order chi connectivity index (χ0) is 15.5. The average molecular weight is 365 g/mol. The second kappa shape index (κ2) is 7.09. The lowest BCUT2D eigenvalue weighted by Gasteiger charge is -2.10. The maximum absolute atomic E-state index is 12.3. The van der Waals surface area contributed by atoms with E-state index in [1.54, 1.807) is 11.3 Å². The van der Waals surface area contributed by atoms with Crippen molar-refractivity contribution in [2.75, 3.05) is 6.54 Å². The van der Waals surface area contributed by atoms with E-state index >= 15 is 0 Å². The molecule has 8 heteroatoms. The monoisotopic (exact) mass is 364 g/mol. The normalized spacial score (nSPS) is 11.8. The van der Waals surface area contributed by atoms with Crippen LogP contribution >= 0.6 is 34.5 Å². The lowest BCUT2D eigenvalue weighted by molar-refractivity contribution is 0.581. The van der Waals surface area contributed by atoms with Crippen LogP contribution in [0.3, 0.4) is 0 Å². The minimum atomic E-state index is -3.69. The highest BCUT2D eigenvalue weighted by atomic mass is 35.5. The summed E-state index contributed by atoms with van der Waals surface area (Å²) in [6.45, 7) is 0.448. The van der Waals surface area contributed by atoms with E-state index in [-0.39, 0.29) is 16.5 Å². The first-order valence-corrected chi connectivity index (χ1v) is 9.31. The summed E-state index contributed by atoms with van der Waals surface area (Å²) in [5.41, 5.74) is 7.17. The van der Waals surface area contributed by atoms with Crippen molar-refractivity contribution in [3.8, 4) is 0 Å². The van der Waals surface area contributed by atoms with E-state index in [0.29, 0.717) is 23.6 Å². The van der Waals surface area contributed by atoms with Gasteiger partial charge in [-0.05, 0) is 46.5 Å². The van der Waals surface area contributed by atoms with Crippen LogP contribution in [0.4, 0.5) is 0 Å². The number of halogens is 2. The Morgan fingerprint density at radius 3 is 2.62 bits per heavy atom. The Bertz CT molecular complexity index is 716. The van der Waals surface area contributed by atoms with Crippen LogP contribution in [0.1, 0.15) is 11.1 Å². The lowest BCUT2D eigenvalue weighted by Crippen LogP contribution is -2.26. The first kappa shape index (κ1) is 16.7. The molecular formula is C13H14Cl2N2O2S2. The smallest absolute Gasteiger partial charge is 0.242 e. The Labute approximate surface area is 137 Å². The Balaban J connectivity index is 2.15. The number of sulfonamides is 1. The second-order valence-corrected chi connectivity index (χ2v) is 7.69. The zero-order valence-corrected chi connectivity index (χ0v) is 14.1. The van der Waals surface area contributed by atoms with Gasteiger partial charge < -0.3 is 5.73 Å². The summed E-state index contributed by atoms with van der Waals surface area (Å²) in [5, 5.41) is 4.38. The van der Waals surface area contributed by atoms with Gasteiger partial charge in [0.1, 0.15) is 4.90 Å². The molecule has 0 unspecified atom stereocenters. The van der Waals surface area contributed by atoms with Crippen LogP contribution in [0.2, 0.25) is 10.0 Å². The number of benzene rings is 1. The molecule has 4 nitrogen and oxygen atoms in total. The quantitative estimate of drug-likeness (QED) is 0.827. The Morgan fingerprint density at radius 2 is 2.00 bits per heavy atom. The van der Waals surface area contributed by atoms with E-state index in [4.69, 9.17) is 28.9 Å². The summed E-state index contributed by atoms with van der Waals surface area (Å²) >= 11 is 13.5. The molecule has 1 heterocycles. The summed E-state index contributed by atoms with van der Waals surface area (Å²) in [5.74, 6) is 0. The highest BCUT2D eigenvalue weighted by Crippen LogP contribution is 2.28. The molecule has 2 aromatic rings. The topological polar surface area (TPSA) is 72.2 Å². The fourth-order valence-corrected chi connectivity index (χ4v) is 4.38. The third-order valence-electron chi connectivity index (χ3n) is 2.90. The van der Waals surface area contributed by atoms with Gasteiger partial charge in [0, 0.05) is 18.1 Å². The molecule has 0 bridgehead atoms. The minimum absolute atomic E-state index is 0.000615. The second-order valence-electron chi connectivity index (χ2n) is 4.36. The molecule has 114 valence electrons. The third-order valence-corrected chi connectivity index (χ3v) is 5.91. The van der Waals surface area contributed by atoms with Crippen LogP contribution < -0.4 is 10.5 Å². The summed E-state index contributed by atoms with van der Waals surface area (Å²) in [6, 6.07) is 4.77. The van der Waals surface area contributed by atoms with Crippen molar-refractivity contribution in [1.82, 2.24) is 4.72 Å². The Morgan fingerprint density at radius 1 is 1.24 bits per heavy atom. The Kier molecular flexibility index (Phi) is 5.65. The van der Waals surface area contributed by atoms with Crippen LogP contribution in [0, 0.1) is 0 Å². The van der Waals surface area contributed by atoms with Crippen LogP contribution in [-0.2, 0) is 23.0 Å². The molecule has 1 aromatic carbocycles. The summed E-state index contributed by atoms with van der Waals surface area (Å²) in [7, 11) is -3.69. The molecule has 0 aliphatic carbocycles. The van der Waals surface area contributed by atoms with E-state index in [9.17, 15) is 8.42 Å². The van der Waals surface area contributed by atoms with Crippen LogP contribution in [0.15, 0.2) is 33.9 Å². The van der Waals surface area contributed by atoms with Crippen molar-refractivity contribution >= 4 is 44.6 Å². The van der Waals surface area contributed by atoms with Crippen molar-refractivity contribution in [1.29, 1.82) is 0 Å². The zero-order valence-electron chi connectivity index (χ0n) is 11.0. The van der Waals surface area contributed by atoms with Gasteiger partial charge in [0.2, 0.25) is 10.0 Å². The van der Waals surface area contributed by atoms with Crippen molar-refractivity contribution in [2.45, 2.75) is 17.9 Å². The van der Waals surface area contributed by atoms with Crippen molar-refractivity contribution < 1.29 is 8.42 Å². The highest BCUT2D eigenvalue weighted by Gasteiger charge is 2.19.